The highest BCUT2D eigenvalue weighted by molar-refractivity contribution is 5.98. The molecule has 0 fully saturated rings. The van der Waals surface area contributed by atoms with E-state index in [9.17, 15) is 9.59 Å². The molecular weight excluding hydrogens is 284 g/mol. The minimum atomic E-state index is -0.390. The van der Waals surface area contributed by atoms with Crippen molar-refractivity contribution in [2.24, 2.45) is 0 Å². The van der Waals surface area contributed by atoms with Gasteiger partial charge in [0.05, 0.1) is 26.7 Å². The topological polar surface area (TPSA) is 61.8 Å². The Morgan fingerprint density at radius 2 is 1.59 bits per heavy atom. The molecule has 0 aliphatic rings. The molecule has 0 aromatic heterocycles. The first-order valence-electron chi connectivity index (χ1n) is 7.62. The highest BCUT2D eigenvalue weighted by atomic mass is 16.5. The fourth-order valence-corrected chi connectivity index (χ4v) is 1.80. The van der Waals surface area contributed by atoms with Crippen LogP contribution < -0.4 is 9.47 Å². The second-order valence-electron chi connectivity index (χ2n) is 4.86. The highest BCUT2D eigenvalue weighted by Gasteiger charge is 2.13. The number of methoxy groups -OCH3 is 1. The number of rotatable bonds is 10. The van der Waals surface area contributed by atoms with Crippen LogP contribution in [0.5, 0.6) is 11.5 Å². The molecule has 0 N–H and O–H groups in total. The maximum Gasteiger partial charge on any atom is 0.305 e. The van der Waals surface area contributed by atoms with Gasteiger partial charge in [-0.05, 0) is 31.0 Å². The molecular formula is C17H24O5. The van der Waals surface area contributed by atoms with E-state index in [2.05, 4.69) is 4.74 Å². The first-order chi connectivity index (χ1) is 10.6. The Balaban J connectivity index is 2.82. The molecule has 1 rings (SSSR count). The largest absolute Gasteiger partial charge is 0.490 e. The van der Waals surface area contributed by atoms with Crippen molar-refractivity contribution in [1.29, 1.82) is 0 Å². The fourth-order valence-electron chi connectivity index (χ4n) is 1.80. The second kappa shape index (κ2) is 9.82. The normalized spacial score (nSPS) is 10.1. The van der Waals surface area contributed by atoms with Crippen LogP contribution in [-0.4, -0.2) is 32.1 Å². The molecule has 0 aliphatic carbocycles. The molecule has 0 heterocycles. The third-order valence-electron chi connectivity index (χ3n) is 2.97. The predicted molar refractivity (Wildman–Crippen MR) is 83.6 cm³/mol. The molecule has 0 spiro atoms. The minimum absolute atomic E-state index is 0.0779. The smallest absolute Gasteiger partial charge is 0.305 e. The summed E-state index contributed by atoms with van der Waals surface area (Å²) in [7, 11) is 1.31. The molecule has 0 unspecified atom stereocenters. The highest BCUT2D eigenvalue weighted by Crippen LogP contribution is 2.29. The lowest BCUT2D eigenvalue weighted by molar-refractivity contribution is -0.140. The number of benzene rings is 1. The van der Waals surface area contributed by atoms with E-state index < -0.39 is 5.97 Å². The SMILES string of the molecule is CCCOc1ccc(C(=O)CCC(=O)OC)cc1OCCC. The summed E-state index contributed by atoms with van der Waals surface area (Å²) in [6.45, 7) is 5.19. The lowest BCUT2D eigenvalue weighted by Gasteiger charge is -2.13. The fraction of sp³-hybridized carbons (Fsp3) is 0.529. The summed E-state index contributed by atoms with van der Waals surface area (Å²) in [6.07, 6.45) is 1.96. The van der Waals surface area contributed by atoms with Crippen molar-refractivity contribution in [3.8, 4) is 11.5 Å². The number of hydrogen-bond acceptors (Lipinski definition) is 5. The zero-order chi connectivity index (χ0) is 16.4. The second-order valence-corrected chi connectivity index (χ2v) is 4.86. The summed E-state index contributed by atoms with van der Waals surface area (Å²) in [4.78, 5) is 23.2. The predicted octanol–water partition coefficient (Wildman–Crippen LogP) is 3.40. The molecule has 0 radical (unpaired) electrons. The van der Waals surface area contributed by atoms with Gasteiger partial charge in [0.1, 0.15) is 0 Å². The molecule has 0 amide bonds. The van der Waals surface area contributed by atoms with E-state index in [1.54, 1.807) is 18.2 Å². The van der Waals surface area contributed by atoms with Crippen LogP contribution in [0, 0.1) is 0 Å². The summed E-state index contributed by atoms with van der Waals surface area (Å²) in [5.74, 6) is 0.700. The Hall–Kier alpha value is -2.04. The van der Waals surface area contributed by atoms with Gasteiger partial charge in [0, 0.05) is 12.0 Å². The van der Waals surface area contributed by atoms with E-state index in [0.717, 1.165) is 12.8 Å². The summed E-state index contributed by atoms with van der Waals surface area (Å²) >= 11 is 0. The maximum absolute atomic E-state index is 12.1. The number of esters is 1. The first kappa shape index (κ1) is 18.0. The van der Waals surface area contributed by atoms with Crippen molar-refractivity contribution in [2.75, 3.05) is 20.3 Å². The Morgan fingerprint density at radius 1 is 0.955 bits per heavy atom. The van der Waals surface area contributed by atoms with Crippen LogP contribution in [0.2, 0.25) is 0 Å². The van der Waals surface area contributed by atoms with E-state index in [-0.39, 0.29) is 18.6 Å². The van der Waals surface area contributed by atoms with Gasteiger partial charge in [0.15, 0.2) is 17.3 Å². The van der Waals surface area contributed by atoms with Gasteiger partial charge in [0.2, 0.25) is 0 Å². The molecule has 0 aliphatic heterocycles. The van der Waals surface area contributed by atoms with Crippen molar-refractivity contribution in [2.45, 2.75) is 39.5 Å². The summed E-state index contributed by atoms with van der Waals surface area (Å²) in [5.41, 5.74) is 0.513. The van der Waals surface area contributed by atoms with Gasteiger partial charge in [-0.2, -0.15) is 0 Å². The number of carbonyl (C=O) groups is 2. The van der Waals surface area contributed by atoms with Gasteiger partial charge in [-0.1, -0.05) is 13.8 Å². The molecule has 22 heavy (non-hydrogen) atoms. The lowest BCUT2D eigenvalue weighted by atomic mass is 10.1. The Kier molecular flexibility index (Phi) is 8.04. The number of hydrogen-bond donors (Lipinski definition) is 0. The minimum Gasteiger partial charge on any atom is -0.490 e. The monoisotopic (exact) mass is 308 g/mol. The molecule has 1 aromatic rings. The summed E-state index contributed by atoms with van der Waals surface area (Å²) in [5, 5.41) is 0. The van der Waals surface area contributed by atoms with Crippen molar-refractivity contribution in [3.63, 3.8) is 0 Å². The van der Waals surface area contributed by atoms with Crippen molar-refractivity contribution in [1.82, 2.24) is 0 Å². The van der Waals surface area contributed by atoms with Gasteiger partial charge in [-0.25, -0.2) is 0 Å². The zero-order valence-electron chi connectivity index (χ0n) is 13.5. The third-order valence-corrected chi connectivity index (χ3v) is 2.97. The molecule has 5 heteroatoms. The zero-order valence-corrected chi connectivity index (χ0v) is 13.5. The molecule has 0 atom stereocenters. The van der Waals surface area contributed by atoms with Crippen LogP contribution >= 0.6 is 0 Å². The third kappa shape index (κ3) is 5.76. The summed E-state index contributed by atoms with van der Waals surface area (Å²) in [6, 6.07) is 5.12. The van der Waals surface area contributed by atoms with Crippen molar-refractivity contribution < 1.29 is 23.8 Å². The van der Waals surface area contributed by atoms with Gasteiger partial charge in [-0.3, -0.25) is 9.59 Å². The van der Waals surface area contributed by atoms with Gasteiger partial charge in [0.25, 0.3) is 0 Å². The van der Waals surface area contributed by atoms with Crippen LogP contribution in [0.3, 0.4) is 0 Å². The molecule has 122 valence electrons. The van der Waals surface area contributed by atoms with Crippen LogP contribution in [-0.2, 0) is 9.53 Å². The van der Waals surface area contributed by atoms with Crippen LogP contribution in [0.4, 0.5) is 0 Å². The van der Waals surface area contributed by atoms with E-state index >= 15 is 0 Å². The summed E-state index contributed by atoms with van der Waals surface area (Å²) < 4.78 is 15.8. The molecule has 1 aromatic carbocycles. The van der Waals surface area contributed by atoms with Gasteiger partial charge in [-0.15, -0.1) is 0 Å². The van der Waals surface area contributed by atoms with E-state index in [1.807, 2.05) is 13.8 Å². The van der Waals surface area contributed by atoms with Crippen molar-refractivity contribution >= 4 is 11.8 Å². The number of carbonyl (C=O) groups excluding carboxylic acids is 2. The van der Waals surface area contributed by atoms with E-state index in [1.165, 1.54) is 7.11 Å². The molecule has 5 nitrogen and oxygen atoms in total. The molecule has 0 bridgehead atoms. The number of Topliss-reactive ketones (excluding diaryl/α,β-unsaturated/α-hetero) is 1. The van der Waals surface area contributed by atoms with E-state index in [4.69, 9.17) is 9.47 Å². The number of ketones is 1. The average molecular weight is 308 g/mol. The van der Waals surface area contributed by atoms with E-state index in [0.29, 0.717) is 30.3 Å². The average Bonchev–Trinajstić information content (AvgIpc) is 2.55. The van der Waals surface area contributed by atoms with Gasteiger partial charge >= 0.3 is 5.97 Å². The standard InChI is InChI=1S/C17H24O5/c1-4-10-21-15-8-6-13(12-16(15)22-11-5-2)14(18)7-9-17(19)20-3/h6,8,12H,4-5,7,9-11H2,1-3H3. The Labute approximate surface area is 131 Å². The maximum atomic E-state index is 12.1. The van der Waals surface area contributed by atoms with Crippen LogP contribution in [0.1, 0.15) is 49.9 Å². The van der Waals surface area contributed by atoms with Crippen LogP contribution in [0.15, 0.2) is 18.2 Å². The first-order valence-corrected chi connectivity index (χ1v) is 7.62. The van der Waals surface area contributed by atoms with Gasteiger partial charge < -0.3 is 14.2 Å². The molecule has 0 saturated carbocycles. The lowest BCUT2D eigenvalue weighted by Crippen LogP contribution is -2.07. The Bertz CT molecular complexity index is 496. The van der Waals surface area contributed by atoms with Crippen LogP contribution in [0.25, 0.3) is 0 Å². The quantitative estimate of drug-likeness (QED) is 0.489. The number of ether oxygens (including phenoxy) is 3. The van der Waals surface area contributed by atoms with Crippen molar-refractivity contribution in [3.05, 3.63) is 23.8 Å². The molecule has 0 saturated heterocycles. The Morgan fingerprint density at radius 3 is 2.18 bits per heavy atom.